The molecule has 0 saturated carbocycles. The number of urea groups is 1. The molecule has 6 aromatic rings. The molecule has 1 aromatic heterocycles. The molecule has 9 heteroatoms. The van der Waals surface area contributed by atoms with E-state index in [4.69, 9.17) is 28.3 Å². The Hall–Kier alpha value is -5.76. The molecule has 2 heterocycles. The molecular weight excluding hydrogens is 667 g/mol. The fourth-order valence-electron chi connectivity index (χ4n) is 7.46. The van der Waals surface area contributed by atoms with Crippen LogP contribution in [0.1, 0.15) is 39.8 Å². The minimum Gasteiger partial charge on any atom is -0.277 e. The Morgan fingerprint density at radius 1 is 0.620 bits per heavy atom. The lowest BCUT2D eigenvalue weighted by atomic mass is 9.52. The Labute approximate surface area is 298 Å². The topological polar surface area (TPSA) is 93.1 Å². The molecule has 7 nitrogen and oxygen atoms in total. The van der Waals surface area contributed by atoms with Gasteiger partial charge in [0.15, 0.2) is 5.41 Å². The van der Waals surface area contributed by atoms with Crippen molar-refractivity contribution in [2.75, 3.05) is 0 Å². The number of imide groups is 2. The number of nitrogens with one attached hydrogen (secondary N) is 2. The number of allylic oxidation sites excluding steroid dienone is 1. The largest absolute Gasteiger partial charge is 0.328 e. The molecule has 0 bridgehead atoms. The first kappa shape index (κ1) is 31.5. The summed E-state index contributed by atoms with van der Waals surface area (Å²) in [6, 6.07) is 42.5. The molecule has 4 amide bonds. The van der Waals surface area contributed by atoms with Crippen LogP contribution >= 0.6 is 23.2 Å². The van der Waals surface area contributed by atoms with Crippen molar-refractivity contribution in [3.63, 3.8) is 0 Å². The van der Waals surface area contributed by atoms with Crippen LogP contribution in [0.15, 0.2) is 140 Å². The molecule has 1 fully saturated rings. The van der Waals surface area contributed by atoms with Gasteiger partial charge in [0.05, 0.1) is 17.1 Å². The molecule has 1 aliphatic carbocycles. The fourth-order valence-corrected chi connectivity index (χ4v) is 7.71. The van der Waals surface area contributed by atoms with E-state index >= 15 is 0 Å². The van der Waals surface area contributed by atoms with Gasteiger partial charge in [-0.05, 0) is 64.7 Å². The van der Waals surface area contributed by atoms with Crippen molar-refractivity contribution in [2.45, 2.75) is 11.8 Å². The van der Waals surface area contributed by atoms with Crippen LogP contribution in [0.4, 0.5) is 4.79 Å². The van der Waals surface area contributed by atoms with Gasteiger partial charge in [-0.2, -0.15) is 5.10 Å². The van der Waals surface area contributed by atoms with Gasteiger partial charge in [0.2, 0.25) is 11.8 Å². The number of fused-ring (bicyclic) bond motifs is 1. The molecule has 1 aliphatic heterocycles. The monoisotopic (exact) mass is 694 g/mol. The van der Waals surface area contributed by atoms with Gasteiger partial charge in [0, 0.05) is 33.0 Å². The van der Waals surface area contributed by atoms with E-state index in [0.29, 0.717) is 43.7 Å². The highest BCUT2D eigenvalue weighted by atomic mass is 35.5. The number of carbonyl (C=O) groups is 3. The van der Waals surface area contributed by atoms with Crippen LogP contribution in [0.3, 0.4) is 0 Å². The number of barbiturate groups is 1. The first-order chi connectivity index (χ1) is 24.4. The molecule has 8 rings (SSSR count). The molecule has 2 atom stereocenters. The molecule has 2 N–H and O–H groups in total. The predicted molar refractivity (Wildman–Crippen MR) is 195 cm³/mol. The highest BCUT2D eigenvalue weighted by Crippen LogP contribution is 2.63. The van der Waals surface area contributed by atoms with Gasteiger partial charge in [-0.25, -0.2) is 9.48 Å². The predicted octanol–water partition coefficient (Wildman–Crippen LogP) is 8.67. The normalized spacial score (nSPS) is 18.8. The fraction of sp³-hybridized carbons (Fsp3) is 0.0732. The van der Waals surface area contributed by atoms with Gasteiger partial charge in [0.25, 0.3) is 0 Å². The number of carbonyl (C=O) groups excluding carboxylic acids is 3. The van der Waals surface area contributed by atoms with Crippen molar-refractivity contribution in [1.29, 1.82) is 0 Å². The third-order valence-corrected chi connectivity index (χ3v) is 9.99. The summed E-state index contributed by atoms with van der Waals surface area (Å²) in [7, 11) is 0. The Balaban J connectivity index is 1.59. The van der Waals surface area contributed by atoms with E-state index in [9.17, 15) is 14.4 Å². The van der Waals surface area contributed by atoms with Crippen molar-refractivity contribution in [1.82, 2.24) is 20.4 Å². The highest BCUT2D eigenvalue weighted by Gasteiger charge is 2.66. The van der Waals surface area contributed by atoms with Gasteiger partial charge in [0.1, 0.15) is 0 Å². The molecule has 244 valence electrons. The van der Waals surface area contributed by atoms with E-state index in [1.54, 1.807) is 24.3 Å². The number of hydrogen-bond donors (Lipinski definition) is 2. The summed E-state index contributed by atoms with van der Waals surface area (Å²) in [6.45, 7) is 0. The van der Waals surface area contributed by atoms with Crippen LogP contribution < -0.4 is 10.6 Å². The van der Waals surface area contributed by atoms with Gasteiger partial charge < -0.3 is 0 Å². The number of amides is 4. The van der Waals surface area contributed by atoms with E-state index in [1.165, 1.54) is 0 Å². The second-order valence-electron chi connectivity index (χ2n) is 12.3. The third-order valence-electron chi connectivity index (χ3n) is 9.49. The van der Waals surface area contributed by atoms with Gasteiger partial charge in [-0.1, -0.05) is 126 Å². The molecule has 1 spiro atoms. The number of hydrogen-bond acceptors (Lipinski definition) is 4. The second kappa shape index (κ2) is 12.6. The Morgan fingerprint density at radius 3 is 1.68 bits per heavy atom. The van der Waals surface area contributed by atoms with E-state index in [2.05, 4.69) is 10.6 Å². The summed E-state index contributed by atoms with van der Waals surface area (Å²) in [4.78, 5) is 42.6. The van der Waals surface area contributed by atoms with Crippen LogP contribution in [0, 0.1) is 5.41 Å². The first-order valence-electron chi connectivity index (χ1n) is 16.0. The second-order valence-corrected chi connectivity index (χ2v) is 13.2. The van der Waals surface area contributed by atoms with Crippen molar-refractivity contribution in [2.24, 2.45) is 5.41 Å². The van der Waals surface area contributed by atoms with E-state index < -0.39 is 35.1 Å². The number of benzene rings is 5. The van der Waals surface area contributed by atoms with Crippen LogP contribution in [0.2, 0.25) is 10.0 Å². The molecule has 2 unspecified atom stereocenters. The minimum absolute atomic E-state index is 0.557. The Morgan fingerprint density at radius 2 is 1.12 bits per heavy atom. The molecule has 0 radical (unpaired) electrons. The smallest absolute Gasteiger partial charge is 0.277 e. The summed E-state index contributed by atoms with van der Waals surface area (Å²) in [6.07, 6.45) is 1.96. The maximum atomic E-state index is 14.9. The number of aromatic nitrogens is 2. The third kappa shape index (κ3) is 5.14. The maximum Gasteiger partial charge on any atom is 0.328 e. The summed E-state index contributed by atoms with van der Waals surface area (Å²) in [5, 5.41) is 11.5. The quantitative estimate of drug-likeness (QED) is 0.177. The molecule has 1 saturated heterocycles. The summed E-state index contributed by atoms with van der Waals surface area (Å²) in [5.41, 5.74) is 4.47. The minimum atomic E-state index is -1.88. The Bertz CT molecular complexity index is 2270. The zero-order valence-electron chi connectivity index (χ0n) is 26.4. The number of para-hydroxylation sites is 1. The zero-order chi connectivity index (χ0) is 34.4. The summed E-state index contributed by atoms with van der Waals surface area (Å²) >= 11 is 12.7. The van der Waals surface area contributed by atoms with Crippen LogP contribution in [0.5, 0.6) is 0 Å². The molecular formula is C41H28Cl2N4O3. The average molecular weight is 696 g/mol. The van der Waals surface area contributed by atoms with Gasteiger partial charge in [-0.15, -0.1) is 0 Å². The molecule has 5 aromatic carbocycles. The molecule has 2 aliphatic rings. The lowest BCUT2D eigenvalue weighted by Crippen LogP contribution is -2.67. The van der Waals surface area contributed by atoms with Gasteiger partial charge in [-0.3, -0.25) is 20.2 Å². The van der Waals surface area contributed by atoms with E-state index in [1.807, 2.05) is 126 Å². The number of rotatable bonds is 5. The SMILES string of the molecule is O=C1NC(=O)C2(C(=O)N1)C(c1ccccc1)/C(=C/c1ccc(Cl)cc1)c1nn(-c3ccccc3)c(-c3ccc(Cl)cc3)c1C2c1ccccc1. The van der Waals surface area contributed by atoms with Crippen LogP contribution in [-0.2, 0) is 9.59 Å². The first-order valence-corrected chi connectivity index (χ1v) is 16.8. The lowest BCUT2D eigenvalue weighted by molar-refractivity contribution is -0.146. The van der Waals surface area contributed by atoms with Gasteiger partial charge >= 0.3 is 6.03 Å². The van der Waals surface area contributed by atoms with Crippen molar-refractivity contribution in [3.8, 4) is 16.9 Å². The zero-order valence-corrected chi connectivity index (χ0v) is 27.9. The van der Waals surface area contributed by atoms with Crippen molar-refractivity contribution < 1.29 is 14.4 Å². The van der Waals surface area contributed by atoms with Crippen molar-refractivity contribution in [3.05, 3.63) is 178 Å². The van der Waals surface area contributed by atoms with Crippen LogP contribution in [-0.4, -0.2) is 27.6 Å². The average Bonchev–Trinajstić information content (AvgIpc) is 3.53. The number of halogens is 2. The van der Waals surface area contributed by atoms with Crippen molar-refractivity contribution >= 4 is 52.7 Å². The lowest BCUT2D eigenvalue weighted by Gasteiger charge is -2.49. The van der Waals surface area contributed by atoms with Crippen LogP contribution in [0.25, 0.3) is 28.6 Å². The maximum absolute atomic E-state index is 14.9. The Kier molecular flexibility index (Phi) is 7.94. The molecule has 50 heavy (non-hydrogen) atoms. The summed E-state index contributed by atoms with van der Waals surface area (Å²) < 4.78 is 1.87. The standard InChI is InChI=1S/C41H28Cl2N4O3/c42-29-20-16-25(17-21-29)24-32-34(26-10-4-1-5-11-26)41(38(48)44-40(50)45-39(41)49)35(27-12-6-2-7-13-27)33-36(32)46-47(31-14-8-3-9-15-31)37(33)28-18-22-30(43)23-19-28/h1-24,34-35H,(H2,44,45,48,49,50)/b32-24-. The summed E-state index contributed by atoms with van der Waals surface area (Å²) in [5.74, 6) is -3.18. The highest BCUT2D eigenvalue weighted by molar-refractivity contribution is 6.31. The number of nitrogens with zero attached hydrogens (tertiary/aromatic N) is 2. The van der Waals surface area contributed by atoms with E-state index in [0.717, 1.165) is 16.8 Å². The van der Waals surface area contributed by atoms with E-state index in [-0.39, 0.29) is 0 Å².